The zero-order valence-electron chi connectivity index (χ0n) is 16.0. The number of para-hydroxylation sites is 1. The monoisotopic (exact) mass is 354 g/mol. The predicted molar refractivity (Wildman–Crippen MR) is 103 cm³/mol. The lowest BCUT2D eigenvalue weighted by molar-refractivity contribution is -0.138. The molecule has 0 saturated carbocycles. The summed E-state index contributed by atoms with van der Waals surface area (Å²) in [5.41, 5.74) is 2.43. The van der Waals surface area contributed by atoms with E-state index in [-0.39, 0.29) is 11.8 Å². The van der Waals surface area contributed by atoms with Crippen LogP contribution in [0.4, 0.5) is 5.69 Å². The molecule has 0 saturated heterocycles. The van der Waals surface area contributed by atoms with Crippen molar-refractivity contribution in [3.05, 3.63) is 59.2 Å². The number of hydrogen-bond donors (Lipinski definition) is 2. The molecule has 0 unspecified atom stereocenters. The van der Waals surface area contributed by atoms with Crippen LogP contribution in [0.5, 0.6) is 5.75 Å². The number of rotatable bonds is 6. The normalized spacial score (nSPS) is 11.0. The van der Waals surface area contributed by atoms with E-state index < -0.39 is 5.41 Å². The minimum atomic E-state index is -1.19. The molecular formula is C21H26N2O3. The van der Waals surface area contributed by atoms with Crippen molar-refractivity contribution in [3.8, 4) is 5.75 Å². The Morgan fingerprint density at radius 3 is 2.08 bits per heavy atom. The second-order valence-electron chi connectivity index (χ2n) is 6.88. The topological polar surface area (TPSA) is 67.4 Å². The highest BCUT2D eigenvalue weighted by atomic mass is 16.5. The van der Waals surface area contributed by atoms with Crippen LogP contribution in [0.3, 0.4) is 0 Å². The number of aryl methyl sites for hydroxylation is 2. The first kappa shape index (κ1) is 19.5. The molecule has 2 aromatic carbocycles. The average Bonchev–Trinajstić information content (AvgIpc) is 2.62. The van der Waals surface area contributed by atoms with E-state index in [2.05, 4.69) is 10.6 Å². The van der Waals surface area contributed by atoms with Crippen molar-refractivity contribution < 1.29 is 14.3 Å². The van der Waals surface area contributed by atoms with Gasteiger partial charge in [-0.05, 0) is 56.5 Å². The second-order valence-corrected chi connectivity index (χ2v) is 6.88. The third-order valence-electron chi connectivity index (χ3n) is 4.47. The summed E-state index contributed by atoms with van der Waals surface area (Å²) in [4.78, 5) is 25.3. The Labute approximate surface area is 154 Å². The van der Waals surface area contributed by atoms with Crippen LogP contribution < -0.4 is 15.4 Å². The lowest BCUT2D eigenvalue weighted by Gasteiger charge is -2.24. The van der Waals surface area contributed by atoms with Crippen LogP contribution in [-0.2, 0) is 16.1 Å². The molecule has 0 aliphatic rings. The van der Waals surface area contributed by atoms with Crippen molar-refractivity contribution in [1.29, 1.82) is 0 Å². The number of anilines is 1. The maximum atomic E-state index is 12.7. The average molecular weight is 354 g/mol. The van der Waals surface area contributed by atoms with Crippen molar-refractivity contribution in [3.63, 3.8) is 0 Å². The fourth-order valence-electron chi connectivity index (χ4n) is 2.53. The molecule has 2 amide bonds. The first-order valence-corrected chi connectivity index (χ1v) is 8.54. The number of hydrogen-bond acceptors (Lipinski definition) is 3. The van der Waals surface area contributed by atoms with Gasteiger partial charge in [0.05, 0.1) is 7.11 Å². The summed E-state index contributed by atoms with van der Waals surface area (Å²) in [6.07, 6.45) is 0. The van der Waals surface area contributed by atoms with Gasteiger partial charge in [0.25, 0.3) is 0 Å². The van der Waals surface area contributed by atoms with Crippen LogP contribution in [0.2, 0.25) is 0 Å². The van der Waals surface area contributed by atoms with Gasteiger partial charge in [0.1, 0.15) is 11.2 Å². The molecule has 0 aliphatic carbocycles. The highest BCUT2D eigenvalue weighted by molar-refractivity contribution is 6.10. The molecule has 5 heteroatoms. The number of amides is 2. The van der Waals surface area contributed by atoms with Crippen molar-refractivity contribution >= 4 is 17.5 Å². The van der Waals surface area contributed by atoms with Gasteiger partial charge in [0, 0.05) is 12.2 Å². The number of carbonyl (C=O) groups is 2. The van der Waals surface area contributed by atoms with Crippen LogP contribution in [0.1, 0.15) is 30.5 Å². The summed E-state index contributed by atoms with van der Waals surface area (Å²) in [5.74, 6) is 0.104. The first-order chi connectivity index (χ1) is 12.3. The summed E-state index contributed by atoms with van der Waals surface area (Å²) < 4.78 is 5.12. The van der Waals surface area contributed by atoms with Crippen LogP contribution in [-0.4, -0.2) is 18.9 Å². The molecule has 26 heavy (non-hydrogen) atoms. The molecule has 0 bridgehead atoms. The van der Waals surface area contributed by atoms with Crippen LogP contribution in [0, 0.1) is 19.3 Å². The summed E-state index contributed by atoms with van der Waals surface area (Å²) >= 11 is 0. The summed E-state index contributed by atoms with van der Waals surface area (Å²) in [7, 11) is 1.61. The number of ether oxygens (including phenoxy) is 1. The Kier molecular flexibility index (Phi) is 6.03. The third-order valence-corrected chi connectivity index (χ3v) is 4.47. The number of carbonyl (C=O) groups excluding carboxylic acids is 2. The number of benzene rings is 2. The standard InChI is InChI=1S/C21H26N2O3/c1-14-7-6-8-15(2)18(14)23-20(25)21(3,4)19(24)22-13-16-9-11-17(26-5)12-10-16/h6-12H,13H2,1-5H3,(H,22,24)(H,23,25). The molecule has 0 aliphatic heterocycles. The zero-order chi connectivity index (χ0) is 19.3. The maximum absolute atomic E-state index is 12.7. The van der Waals surface area contributed by atoms with E-state index in [0.717, 1.165) is 28.1 Å². The fraction of sp³-hybridized carbons (Fsp3) is 0.333. The van der Waals surface area contributed by atoms with Crippen molar-refractivity contribution in [1.82, 2.24) is 5.32 Å². The molecular weight excluding hydrogens is 328 g/mol. The van der Waals surface area contributed by atoms with Gasteiger partial charge in [-0.1, -0.05) is 30.3 Å². The van der Waals surface area contributed by atoms with E-state index in [1.807, 2.05) is 56.3 Å². The maximum Gasteiger partial charge on any atom is 0.239 e. The highest BCUT2D eigenvalue weighted by Gasteiger charge is 2.36. The molecule has 0 heterocycles. The lowest BCUT2D eigenvalue weighted by atomic mass is 9.90. The zero-order valence-corrected chi connectivity index (χ0v) is 16.0. The molecule has 2 aromatic rings. The largest absolute Gasteiger partial charge is 0.497 e. The molecule has 0 fully saturated rings. The van der Waals surface area contributed by atoms with E-state index in [9.17, 15) is 9.59 Å². The van der Waals surface area contributed by atoms with Gasteiger partial charge < -0.3 is 15.4 Å². The van der Waals surface area contributed by atoms with Gasteiger partial charge >= 0.3 is 0 Å². The molecule has 0 atom stereocenters. The molecule has 2 N–H and O–H groups in total. The van der Waals surface area contributed by atoms with Crippen LogP contribution in [0.15, 0.2) is 42.5 Å². The molecule has 0 spiro atoms. The van der Waals surface area contributed by atoms with E-state index in [4.69, 9.17) is 4.74 Å². The van der Waals surface area contributed by atoms with Crippen molar-refractivity contribution in [2.24, 2.45) is 5.41 Å². The smallest absolute Gasteiger partial charge is 0.239 e. The minimum Gasteiger partial charge on any atom is -0.497 e. The Bertz CT molecular complexity index is 775. The summed E-state index contributed by atoms with van der Waals surface area (Å²) in [5, 5.41) is 5.73. The number of nitrogens with one attached hydrogen (secondary N) is 2. The summed E-state index contributed by atoms with van der Waals surface area (Å²) in [6.45, 7) is 7.46. The predicted octanol–water partition coefficient (Wildman–Crippen LogP) is 3.59. The van der Waals surface area contributed by atoms with Crippen molar-refractivity contribution in [2.45, 2.75) is 34.2 Å². The van der Waals surface area contributed by atoms with Crippen molar-refractivity contribution in [2.75, 3.05) is 12.4 Å². The molecule has 2 rings (SSSR count). The minimum absolute atomic E-state index is 0.322. The number of methoxy groups -OCH3 is 1. The quantitative estimate of drug-likeness (QED) is 0.779. The van der Waals surface area contributed by atoms with Gasteiger partial charge in [-0.25, -0.2) is 0 Å². The van der Waals surface area contributed by atoms with Gasteiger partial charge in [0.2, 0.25) is 11.8 Å². The highest BCUT2D eigenvalue weighted by Crippen LogP contribution is 2.24. The molecule has 0 aromatic heterocycles. The summed E-state index contributed by atoms with van der Waals surface area (Å²) in [6, 6.07) is 13.2. The first-order valence-electron chi connectivity index (χ1n) is 8.54. The van der Waals surface area contributed by atoms with Crippen LogP contribution >= 0.6 is 0 Å². The van der Waals surface area contributed by atoms with E-state index in [1.54, 1.807) is 21.0 Å². The van der Waals surface area contributed by atoms with E-state index in [1.165, 1.54) is 0 Å². The SMILES string of the molecule is COc1ccc(CNC(=O)C(C)(C)C(=O)Nc2c(C)cccc2C)cc1. The second kappa shape index (κ2) is 8.04. The Hall–Kier alpha value is -2.82. The Morgan fingerprint density at radius 1 is 0.962 bits per heavy atom. The molecule has 5 nitrogen and oxygen atoms in total. The Morgan fingerprint density at radius 2 is 1.54 bits per heavy atom. The van der Waals surface area contributed by atoms with E-state index >= 15 is 0 Å². The fourth-order valence-corrected chi connectivity index (χ4v) is 2.53. The van der Waals surface area contributed by atoms with E-state index in [0.29, 0.717) is 6.54 Å². The molecule has 138 valence electrons. The lowest BCUT2D eigenvalue weighted by Crippen LogP contribution is -2.45. The third kappa shape index (κ3) is 4.42. The van der Waals surface area contributed by atoms with Crippen LogP contribution in [0.25, 0.3) is 0 Å². The van der Waals surface area contributed by atoms with Gasteiger partial charge in [-0.15, -0.1) is 0 Å². The molecule has 0 radical (unpaired) electrons. The van der Waals surface area contributed by atoms with Gasteiger partial charge in [-0.2, -0.15) is 0 Å². The van der Waals surface area contributed by atoms with Gasteiger partial charge in [0.15, 0.2) is 0 Å². The Balaban J connectivity index is 2.02. The van der Waals surface area contributed by atoms with Gasteiger partial charge in [-0.3, -0.25) is 9.59 Å².